The van der Waals surface area contributed by atoms with Gasteiger partial charge in [0.2, 0.25) is 0 Å². The Labute approximate surface area is 101 Å². The molecule has 0 radical (unpaired) electrons. The molecule has 0 atom stereocenters. The minimum absolute atomic E-state index is 0.187. The van der Waals surface area contributed by atoms with Crippen molar-refractivity contribution in [1.29, 1.82) is 0 Å². The summed E-state index contributed by atoms with van der Waals surface area (Å²) in [6.45, 7) is 4.87. The molecule has 0 spiro atoms. The summed E-state index contributed by atoms with van der Waals surface area (Å²) in [7, 11) is -2.34. The fourth-order valence-electron chi connectivity index (χ4n) is 1.27. The van der Waals surface area contributed by atoms with Gasteiger partial charge in [0, 0.05) is 6.07 Å². The molecule has 0 aliphatic carbocycles. The van der Waals surface area contributed by atoms with Crippen LogP contribution in [0.15, 0.2) is 18.2 Å². The average molecular weight is 238 g/mol. The molecular formula is C11H15BO5-2. The second-order valence-corrected chi connectivity index (χ2v) is 3.30. The summed E-state index contributed by atoms with van der Waals surface area (Å²) in [5.41, 5.74) is 0. The molecule has 1 aromatic rings. The van der Waals surface area contributed by atoms with Crippen molar-refractivity contribution < 1.29 is 24.2 Å². The lowest BCUT2D eigenvalue weighted by Crippen LogP contribution is -2.50. The van der Waals surface area contributed by atoms with Crippen LogP contribution in [0.4, 0.5) is 0 Å². The first-order chi connectivity index (χ1) is 8.17. The van der Waals surface area contributed by atoms with E-state index in [2.05, 4.69) is 4.65 Å². The molecule has 6 heteroatoms. The van der Waals surface area contributed by atoms with E-state index >= 15 is 0 Å². The van der Waals surface area contributed by atoms with Gasteiger partial charge < -0.3 is 24.2 Å². The summed E-state index contributed by atoms with van der Waals surface area (Å²) >= 11 is 0. The molecule has 0 bridgehead atoms. The highest BCUT2D eigenvalue weighted by molar-refractivity contribution is 6.29. The van der Waals surface area contributed by atoms with Crippen LogP contribution in [-0.4, -0.2) is 20.5 Å². The molecule has 5 nitrogen and oxygen atoms in total. The van der Waals surface area contributed by atoms with Crippen LogP contribution in [0.2, 0.25) is 0 Å². The average Bonchev–Trinajstić information content (AvgIpc) is 2.28. The summed E-state index contributed by atoms with van der Waals surface area (Å²) in [6, 6.07) is 4.62. The van der Waals surface area contributed by atoms with Gasteiger partial charge in [0.15, 0.2) is 11.5 Å². The molecule has 0 aromatic heterocycles. The summed E-state index contributed by atoms with van der Waals surface area (Å²) in [6.07, 6.45) is 0.882. The lowest BCUT2D eigenvalue weighted by atomic mass is 10.2. The third-order valence-corrected chi connectivity index (χ3v) is 1.91. The van der Waals surface area contributed by atoms with Gasteiger partial charge in [0.05, 0.1) is 19.0 Å². The van der Waals surface area contributed by atoms with Gasteiger partial charge in [-0.3, -0.25) is 0 Å². The third kappa shape index (κ3) is 4.54. The molecule has 0 heterocycles. The molecule has 17 heavy (non-hydrogen) atoms. The lowest BCUT2D eigenvalue weighted by Gasteiger charge is -2.27. The van der Waals surface area contributed by atoms with Crippen LogP contribution in [0.5, 0.6) is 17.2 Å². The van der Waals surface area contributed by atoms with E-state index in [9.17, 15) is 10.0 Å². The highest BCUT2D eigenvalue weighted by Gasteiger charge is 2.06. The Morgan fingerprint density at radius 2 is 1.88 bits per heavy atom. The topological polar surface area (TPSA) is 73.8 Å². The van der Waals surface area contributed by atoms with E-state index in [0.29, 0.717) is 24.7 Å². The Morgan fingerprint density at radius 1 is 1.12 bits per heavy atom. The Hall–Kier alpha value is -1.40. The largest absolute Gasteiger partial charge is 0.860 e. The van der Waals surface area contributed by atoms with E-state index in [1.165, 1.54) is 12.1 Å². The Morgan fingerprint density at radius 3 is 2.47 bits per heavy atom. The van der Waals surface area contributed by atoms with Crippen LogP contribution in [-0.2, 0) is 0 Å². The normalized spacial score (nSPS) is 9.88. The number of rotatable bonds is 7. The van der Waals surface area contributed by atoms with Gasteiger partial charge in [-0.1, -0.05) is 6.92 Å². The fraction of sp³-hybridized carbons (Fsp3) is 0.455. The minimum atomic E-state index is -2.34. The van der Waals surface area contributed by atoms with Crippen LogP contribution < -0.4 is 24.2 Å². The van der Waals surface area contributed by atoms with Gasteiger partial charge in [-0.05, 0) is 25.5 Å². The molecule has 1 rings (SSSR count). The maximum Gasteiger partial charge on any atom is 0.164 e. The van der Waals surface area contributed by atoms with Crippen LogP contribution in [0.1, 0.15) is 20.3 Å². The summed E-state index contributed by atoms with van der Waals surface area (Å²) in [5, 5.41) is 20.7. The van der Waals surface area contributed by atoms with E-state index in [0.717, 1.165) is 6.42 Å². The van der Waals surface area contributed by atoms with Gasteiger partial charge in [-0.2, -0.15) is 0 Å². The first-order valence-electron chi connectivity index (χ1n) is 5.55. The SMILES string of the molecule is CCCOc1ccc(OB([O-])[O-])cc1OCC. The highest BCUT2D eigenvalue weighted by Crippen LogP contribution is 2.31. The summed E-state index contributed by atoms with van der Waals surface area (Å²) in [5.74, 6) is 1.24. The van der Waals surface area contributed by atoms with Crippen molar-refractivity contribution in [2.45, 2.75) is 20.3 Å². The zero-order valence-electron chi connectivity index (χ0n) is 9.97. The molecule has 0 aliphatic rings. The summed E-state index contributed by atoms with van der Waals surface area (Å²) < 4.78 is 15.3. The number of hydrogen-bond donors (Lipinski definition) is 0. The van der Waals surface area contributed by atoms with Gasteiger partial charge in [0.25, 0.3) is 0 Å². The van der Waals surface area contributed by atoms with Crippen molar-refractivity contribution in [1.82, 2.24) is 0 Å². The van der Waals surface area contributed by atoms with E-state index in [4.69, 9.17) is 9.47 Å². The Bertz CT molecular complexity index is 343. The van der Waals surface area contributed by atoms with Crippen LogP contribution in [0, 0.1) is 0 Å². The molecule has 0 saturated heterocycles. The monoisotopic (exact) mass is 238 g/mol. The first-order valence-corrected chi connectivity index (χ1v) is 5.55. The van der Waals surface area contributed by atoms with Gasteiger partial charge in [-0.15, -0.1) is 0 Å². The Kier molecular flexibility index (Phi) is 5.66. The van der Waals surface area contributed by atoms with Crippen LogP contribution >= 0.6 is 0 Å². The zero-order valence-corrected chi connectivity index (χ0v) is 9.97. The molecule has 0 aliphatic heterocycles. The maximum absolute atomic E-state index is 10.4. The van der Waals surface area contributed by atoms with Crippen molar-refractivity contribution in [2.75, 3.05) is 13.2 Å². The molecule has 0 unspecified atom stereocenters. The molecule has 0 saturated carbocycles. The predicted molar refractivity (Wildman–Crippen MR) is 59.8 cm³/mol. The number of ether oxygens (including phenoxy) is 2. The molecule has 0 fully saturated rings. The lowest BCUT2D eigenvalue weighted by molar-refractivity contribution is -0.372. The smallest absolute Gasteiger partial charge is 0.164 e. The van der Waals surface area contributed by atoms with Crippen LogP contribution in [0.3, 0.4) is 0 Å². The number of hydrogen-bond acceptors (Lipinski definition) is 5. The van der Waals surface area contributed by atoms with Crippen molar-refractivity contribution in [2.24, 2.45) is 0 Å². The second kappa shape index (κ2) is 7.03. The highest BCUT2D eigenvalue weighted by atomic mass is 16.6. The zero-order chi connectivity index (χ0) is 12.7. The van der Waals surface area contributed by atoms with E-state index in [-0.39, 0.29) is 5.75 Å². The Balaban J connectivity index is 2.83. The number of benzene rings is 1. The van der Waals surface area contributed by atoms with Crippen molar-refractivity contribution in [3.8, 4) is 17.2 Å². The van der Waals surface area contributed by atoms with Gasteiger partial charge >= 0.3 is 0 Å². The molecule has 94 valence electrons. The fourth-order valence-corrected chi connectivity index (χ4v) is 1.27. The quantitative estimate of drug-likeness (QED) is 0.623. The van der Waals surface area contributed by atoms with Gasteiger partial charge in [-0.25, -0.2) is 0 Å². The minimum Gasteiger partial charge on any atom is -0.860 e. The van der Waals surface area contributed by atoms with Crippen molar-refractivity contribution in [3.63, 3.8) is 0 Å². The van der Waals surface area contributed by atoms with Gasteiger partial charge in [0.1, 0.15) is 7.32 Å². The van der Waals surface area contributed by atoms with E-state index < -0.39 is 7.32 Å². The molecule has 0 amide bonds. The molecule has 0 N–H and O–H groups in total. The van der Waals surface area contributed by atoms with Crippen molar-refractivity contribution >= 4 is 7.32 Å². The van der Waals surface area contributed by atoms with E-state index in [1.54, 1.807) is 6.07 Å². The standard InChI is InChI=1S/C11H15BO5/c1-3-7-16-10-6-5-9(17-12(13)14)8-11(10)15-4-2/h5-6,8H,3-4,7H2,1-2H3/q-2. The maximum atomic E-state index is 10.4. The second-order valence-electron chi connectivity index (χ2n) is 3.30. The molecule has 1 aromatic carbocycles. The molecular weight excluding hydrogens is 223 g/mol. The van der Waals surface area contributed by atoms with E-state index in [1.807, 2.05) is 13.8 Å². The summed E-state index contributed by atoms with van der Waals surface area (Å²) in [4.78, 5) is 0. The predicted octanol–water partition coefficient (Wildman–Crippen LogP) is -0.0416. The van der Waals surface area contributed by atoms with Crippen molar-refractivity contribution in [3.05, 3.63) is 18.2 Å². The van der Waals surface area contributed by atoms with Crippen LogP contribution in [0.25, 0.3) is 0 Å². The first kappa shape index (κ1) is 13.7. The third-order valence-electron chi connectivity index (χ3n) is 1.91.